The van der Waals surface area contributed by atoms with Crippen molar-refractivity contribution in [3.05, 3.63) is 71.8 Å². The normalized spacial score (nSPS) is 18.5. The molecule has 3 rings (SSSR count). The Morgan fingerprint density at radius 2 is 1.78 bits per heavy atom. The maximum absolute atomic E-state index is 12.1. The highest BCUT2D eigenvalue weighted by atomic mass is 16.5. The summed E-state index contributed by atoms with van der Waals surface area (Å²) in [4.78, 5) is 14.5. The summed E-state index contributed by atoms with van der Waals surface area (Å²) < 4.78 is 5.78. The minimum Gasteiger partial charge on any atom is -0.374 e. The van der Waals surface area contributed by atoms with Gasteiger partial charge in [0, 0.05) is 31.7 Å². The molecule has 0 aromatic heterocycles. The Morgan fingerprint density at radius 3 is 2.52 bits per heavy atom. The fourth-order valence-corrected chi connectivity index (χ4v) is 2.79. The topological polar surface area (TPSA) is 41.6 Å². The number of carbonyl (C=O) groups excluding carboxylic acids is 1. The van der Waals surface area contributed by atoms with Gasteiger partial charge < -0.3 is 10.1 Å². The van der Waals surface area contributed by atoms with Gasteiger partial charge in [-0.25, -0.2) is 0 Å². The number of nitrogens with zero attached hydrogens (tertiary/aromatic N) is 1. The number of benzene rings is 2. The lowest BCUT2D eigenvalue weighted by Gasteiger charge is -2.33. The van der Waals surface area contributed by atoms with Gasteiger partial charge in [-0.2, -0.15) is 0 Å². The second kappa shape index (κ2) is 7.90. The zero-order chi connectivity index (χ0) is 15.9. The summed E-state index contributed by atoms with van der Waals surface area (Å²) in [5.74, 6) is -0.0469. The lowest BCUT2D eigenvalue weighted by Crippen LogP contribution is -2.47. The van der Waals surface area contributed by atoms with Crippen LogP contribution in [0.3, 0.4) is 0 Å². The van der Waals surface area contributed by atoms with Crippen molar-refractivity contribution in [2.24, 2.45) is 0 Å². The van der Waals surface area contributed by atoms with Gasteiger partial charge in [0.2, 0.25) is 0 Å². The molecule has 2 aromatic carbocycles. The molecule has 1 amide bonds. The average Bonchev–Trinajstić information content (AvgIpc) is 2.62. The van der Waals surface area contributed by atoms with Crippen LogP contribution in [0.25, 0.3) is 0 Å². The van der Waals surface area contributed by atoms with Crippen LogP contribution in [-0.2, 0) is 11.3 Å². The highest BCUT2D eigenvalue weighted by molar-refractivity contribution is 5.94. The van der Waals surface area contributed by atoms with Gasteiger partial charge in [0.1, 0.15) is 0 Å². The molecule has 2 aromatic rings. The predicted molar refractivity (Wildman–Crippen MR) is 90.2 cm³/mol. The molecule has 0 radical (unpaired) electrons. The van der Waals surface area contributed by atoms with Gasteiger partial charge in [-0.05, 0) is 17.7 Å². The fourth-order valence-electron chi connectivity index (χ4n) is 2.79. The molecule has 1 atom stereocenters. The summed E-state index contributed by atoms with van der Waals surface area (Å²) in [5.41, 5.74) is 1.99. The van der Waals surface area contributed by atoms with Crippen molar-refractivity contribution in [3.8, 4) is 0 Å². The number of ether oxygens (including phenoxy) is 1. The summed E-state index contributed by atoms with van der Waals surface area (Å²) >= 11 is 0. The van der Waals surface area contributed by atoms with Crippen molar-refractivity contribution in [3.63, 3.8) is 0 Å². The van der Waals surface area contributed by atoms with Gasteiger partial charge in [0.25, 0.3) is 5.91 Å². The SMILES string of the molecule is O=C(NCC1CN(Cc2ccccc2)CCO1)c1ccccc1. The number of hydrogen-bond donors (Lipinski definition) is 1. The zero-order valence-corrected chi connectivity index (χ0v) is 13.2. The van der Waals surface area contributed by atoms with Crippen LogP contribution < -0.4 is 5.32 Å². The number of rotatable bonds is 5. The molecule has 0 aliphatic carbocycles. The molecule has 4 nitrogen and oxygen atoms in total. The maximum Gasteiger partial charge on any atom is 0.251 e. The van der Waals surface area contributed by atoms with Gasteiger partial charge >= 0.3 is 0 Å². The molecule has 0 bridgehead atoms. The first-order valence-electron chi connectivity index (χ1n) is 8.02. The van der Waals surface area contributed by atoms with Gasteiger partial charge in [0.15, 0.2) is 0 Å². The van der Waals surface area contributed by atoms with E-state index >= 15 is 0 Å². The summed E-state index contributed by atoms with van der Waals surface area (Å²) in [5, 5.41) is 2.96. The quantitative estimate of drug-likeness (QED) is 0.921. The molecule has 120 valence electrons. The Bertz CT molecular complexity index is 616. The summed E-state index contributed by atoms with van der Waals surface area (Å²) in [7, 11) is 0. The van der Waals surface area contributed by atoms with E-state index in [1.807, 2.05) is 36.4 Å². The lowest BCUT2D eigenvalue weighted by molar-refractivity contribution is -0.0292. The Hall–Kier alpha value is -2.17. The first-order valence-corrected chi connectivity index (χ1v) is 8.02. The van der Waals surface area contributed by atoms with Crippen molar-refractivity contribution in [2.75, 3.05) is 26.2 Å². The first kappa shape index (κ1) is 15.7. The molecule has 1 N–H and O–H groups in total. The first-order chi connectivity index (χ1) is 11.3. The average molecular weight is 310 g/mol. The number of hydrogen-bond acceptors (Lipinski definition) is 3. The van der Waals surface area contributed by atoms with Crippen LogP contribution in [0.4, 0.5) is 0 Å². The molecule has 1 fully saturated rings. The number of carbonyl (C=O) groups is 1. The smallest absolute Gasteiger partial charge is 0.251 e. The third kappa shape index (κ3) is 4.65. The fraction of sp³-hybridized carbons (Fsp3) is 0.316. The predicted octanol–water partition coefficient (Wildman–Crippen LogP) is 2.32. The molecule has 1 aliphatic rings. The van der Waals surface area contributed by atoms with Crippen molar-refractivity contribution in [1.82, 2.24) is 10.2 Å². The second-order valence-electron chi connectivity index (χ2n) is 5.79. The van der Waals surface area contributed by atoms with E-state index in [4.69, 9.17) is 4.74 Å². The van der Waals surface area contributed by atoms with Gasteiger partial charge in [-0.1, -0.05) is 48.5 Å². The second-order valence-corrected chi connectivity index (χ2v) is 5.79. The Morgan fingerprint density at radius 1 is 1.09 bits per heavy atom. The molecule has 1 unspecified atom stereocenters. The molecule has 0 spiro atoms. The third-order valence-electron chi connectivity index (χ3n) is 4.00. The Balaban J connectivity index is 1.48. The summed E-state index contributed by atoms with van der Waals surface area (Å²) in [6, 6.07) is 19.7. The molecule has 23 heavy (non-hydrogen) atoms. The van der Waals surface area contributed by atoms with E-state index in [1.165, 1.54) is 5.56 Å². The van der Waals surface area contributed by atoms with Gasteiger partial charge in [-0.3, -0.25) is 9.69 Å². The van der Waals surface area contributed by atoms with E-state index in [1.54, 1.807) is 0 Å². The van der Waals surface area contributed by atoms with Gasteiger partial charge in [0.05, 0.1) is 12.7 Å². The highest BCUT2D eigenvalue weighted by Crippen LogP contribution is 2.10. The van der Waals surface area contributed by atoms with Crippen LogP contribution in [0.5, 0.6) is 0 Å². The van der Waals surface area contributed by atoms with Crippen molar-refractivity contribution in [2.45, 2.75) is 12.6 Å². The minimum atomic E-state index is -0.0469. The molecule has 0 saturated carbocycles. The van der Waals surface area contributed by atoms with E-state index in [0.29, 0.717) is 18.7 Å². The number of amides is 1. The van der Waals surface area contributed by atoms with Crippen LogP contribution in [0, 0.1) is 0 Å². The molecule has 1 heterocycles. The largest absolute Gasteiger partial charge is 0.374 e. The lowest BCUT2D eigenvalue weighted by atomic mass is 10.2. The standard InChI is InChI=1S/C19H22N2O2/c22-19(17-9-5-2-6-10-17)20-13-18-15-21(11-12-23-18)14-16-7-3-1-4-8-16/h1-10,18H,11-15H2,(H,20,22). The molecular formula is C19H22N2O2. The number of nitrogens with one attached hydrogen (secondary N) is 1. The van der Waals surface area contributed by atoms with Crippen LogP contribution in [-0.4, -0.2) is 43.2 Å². The van der Waals surface area contributed by atoms with E-state index < -0.39 is 0 Å². The molecule has 1 saturated heterocycles. The third-order valence-corrected chi connectivity index (χ3v) is 4.00. The van der Waals surface area contributed by atoms with Crippen molar-refractivity contribution >= 4 is 5.91 Å². The van der Waals surface area contributed by atoms with Crippen molar-refractivity contribution in [1.29, 1.82) is 0 Å². The van der Waals surface area contributed by atoms with E-state index in [0.717, 1.165) is 19.6 Å². The van der Waals surface area contributed by atoms with E-state index in [-0.39, 0.29) is 12.0 Å². The van der Waals surface area contributed by atoms with Crippen LogP contribution >= 0.6 is 0 Å². The monoisotopic (exact) mass is 310 g/mol. The molecule has 4 heteroatoms. The van der Waals surface area contributed by atoms with Crippen LogP contribution in [0.2, 0.25) is 0 Å². The van der Waals surface area contributed by atoms with E-state index in [9.17, 15) is 4.79 Å². The maximum atomic E-state index is 12.1. The van der Waals surface area contributed by atoms with Gasteiger partial charge in [-0.15, -0.1) is 0 Å². The summed E-state index contributed by atoms with van der Waals surface area (Å²) in [6.45, 7) is 3.94. The Kier molecular flexibility index (Phi) is 5.40. The highest BCUT2D eigenvalue weighted by Gasteiger charge is 2.21. The number of morpholine rings is 1. The zero-order valence-electron chi connectivity index (χ0n) is 13.2. The van der Waals surface area contributed by atoms with Crippen molar-refractivity contribution < 1.29 is 9.53 Å². The molecule has 1 aliphatic heterocycles. The summed E-state index contributed by atoms with van der Waals surface area (Å²) in [6.07, 6.45) is 0.0418. The minimum absolute atomic E-state index is 0.0418. The Labute approximate surface area is 137 Å². The van der Waals surface area contributed by atoms with E-state index in [2.05, 4.69) is 34.5 Å². The van der Waals surface area contributed by atoms with Crippen LogP contribution in [0.15, 0.2) is 60.7 Å². The van der Waals surface area contributed by atoms with Crippen LogP contribution in [0.1, 0.15) is 15.9 Å². The molecular weight excluding hydrogens is 288 g/mol.